The number of carbonyl (C=O) groups excluding carboxylic acids is 2. The summed E-state index contributed by atoms with van der Waals surface area (Å²) in [6.07, 6.45) is 1.64. The van der Waals surface area contributed by atoms with E-state index in [4.69, 9.17) is 4.74 Å². The molecule has 0 radical (unpaired) electrons. The van der Waals surface area contributed by atoms with E-state index in [9.17, 15) is 9.59 Å². The van der Waals surface area contributed by atoms with Crippen molar-refractivity contribution in [1.29, 1.82) is 0 Å². The zero-order valence-corrected chi connectivity index (χ0v) is 15.1. The van der Waals surface area contributed by atoms with Crippen LogP contribution in [0.3, 0.4) is 0 Å². The minimum atomic E-state index is -0.257. The van der Waals surface area contributed by atoms with Gasteiger partial charge < -0.3 is 19.9 Å². The van der Waals surface area contributed by atoms with Gasteiger partial charge in [0.1, 0.15) is 12.1 Å². The van der Waals surface area contributed by atoms with Gasteiger partial charge >= 0.3 is 0 Å². The number of ether oxygens (including phenoxy) is 1. The summed E-state index contributed by atoms with van der Waals surface area (Å²) in [5.74, 6) is 0.0173. The van der Waals surface area contributed by atoms with E-state index in [0.29, 0.717) is 22.7 Å². The molecule has 2 amide bonds. The lowest BCUT2D eigenvalue weighted by atomic mass is 10.1. The number of benzene rings is 2. The number of hydrogen-bond donors (Lipinski definition) is 2. The molecule has 9 heteroatoms. The summed E-state index contributed by atoms with van der Waals surface area (Å²) in [4.78, 5) is 24.8. The van der Waals surface area contributed by atoms with Crippen molar-refractivity contribution >= 4 is 35.0 Å². The Balaban J connectivity index is 1.44. The molecule has 0 bridgehead atoms. The number of aromatic nitrogens is 3. The Morgan fingerprint density at radius 1 is 1.26 bits per heavy atom. The zero-order valence-electron chi connectivity index (χ0n) is 14.3. The topological polar surface area (TPSA) is 98.1 Å². The molecule has 1 aliphatic heterocycles. The first-order chi connectivity index (χ1) is 13.1. The van der Waals surface area contributed by atoms with Crippen molar-refractivity contribution in [3.63, 3.8) is 0 Å². The number of carbonyl (C=O) groups is 2. The standard InChI is InChI=1S/C18H15N5O3S/c1-23-10-19-22-18(23)27-13-5-3-12(4-6-13)20-17(25)11-2-7-14-15(8-11)26-9-16(24)21-14/h2-8,10H,9H2,1H3,(H,20,25)(H,21,24). The smallest absolute Gasteiger partial charge is 0.262 e. The third-order valence-electron chi connectivity index (χ3n) is 3.87. The van der Waals surface area contributed by atoms with Crippen LogP contribution in [0.5, 0.6) is 5.75 Å². The third kappa shape index (κ3) is 3.77. The van der Waals surface area contributed by atoms with Crippen molar-refractivity contribution in [3.8, 4) is 5.75 Å². The van der Waals surface area contributed by atoms with Gasteiger partial charge in [-0.3, -0.25) is 9.59 Å². The van der Waals surface area contributed by atoms with Gasteiger partial charge in [-0.25, -0.2) is 0 Å². The first-order valence-corrected chi connectivity index (χ1v) is 8.90. The number of nitrogens with zero attached hydrogens (tertiary/aromatic N) is 3. The van der Waals surface area contributed by atoms with E-state index < -0.39 is 0 Å². The van der Waals surface area contributed by atoms with Gasteiger partial charge in [-0.15, -0.1) is 10.2 Å². The summed E-state index contributed by atoms with van der Waals surface area (Å²) in [5, 5.41) is 14.2. The maximum Gasteiger partial charge on any atom is 0.262 e. The van der Waals surface area contributed by atoms with Crippen LogP contribution in [0.15, 0.2) is 58.8 Å². The number of hydrogen-bond acceptors (Lipinski definition) is 6. The maximum atomic E-state index is 12.5. The fraction of sp³-hybridized carbons (Fsp3) is 0.111. The minimum Gasteiger partial charge on any atom is -0.482 e. The number of nitrogens with one attached hydrogen (secondary N) is 2. The second kappa shape index (κ2) is 7.12. The summed E-state index contributed by atoms with van der Waals surface area (Å²) >= 11 is 1.49. The molecule has 2 heterocycles. The van der Waals surface area contributed by atoms with E-state index >= 15 is 0 Å². The van der Waals surface area contributed by atoms with Crippen LogP contribution in [0.4, 0.5) is 11.4 Å². The predicted octanol–water partition coefficient (Wildman–Crippen LogP) is 2.55. The largest absolute Gasteiger partial charge is 0.482 e. The van der Waals surface area contributed by atoms with Crippen molar-refractivity contribution in [2.24, 2.45) is 7.05 Å². The molecule has 4 rings (SSSR count). The van der Waals surface area contributed by atoms with Crippen LogP contribution in [0.1, 0.15) is 10.4 Å². The van der Waals surface area contributed by atoms with Gasteiger partial charge in [0, 0.05) is 23.2 Å². The lowest BCUT2D eigenvalue weighted by Crippen LogP contribution is -2.25. The highest BCUT2D eigenvalue weighted by Gasteiger charge is 2.18. The monoisotopic (exact) mass is 381 g/mol. The molecule has 0 unspecified atom stereocenters. The molecule has 0 saturated carbocycles. The SMILES string of the molecule is Cn1cnnc1Sc1ccc(NC(=O)c2ccc3c(c2)OCC(=O)N3)cc1. The van der Waals surface area contributed by atoms with Gasteiger partial charge in [0.2, 0.25) is 0 Å². The Morgan fingerprint density at radius 2 is 2.07 bits per heavy atom. The summed E-state index contributed by atoms with van der Waals surface area (Å²) in [7, 11) is 1.88. The van der Waals surface area contributed by atoms with Crippen molar-refractivity contribution in [3.05, 3.63) is 54.4 Å². The Bertz CT molecular complexity index is 1020. The quantitative estimate of drug-likeness (QED) is 0.721. The minimum absolute atomic E-state index is 0.0529. The number of aryl methyl sites for hydroxylation is 1. The molecule has 3 aromatic rings. The highest BCUT2D eigenvalue weighted by Crippen LogP contribution is 2.29. The van der Waals surface area contributed by atoms with Crippen LogP contribution in [0.25, 0.3) is 0 Å². The maximum absolute atomic E-state index is 12.5. The highest BCUT2D eigenvalue weighted by atomic mass is 32.2. The van der Waals surface area contributed by atoms with Crippen molar-refractivity contribution < 1.29 is 14.3 Å². The van der Waals surface area contributed by atoms with Crippen LogP contribution in [0.2, 0.25) is 0 Å². The van der Waals surface area contributed by atoms with E-state index in [0.717, 1.165) is 10.1 Å². The molecule has 1 aromatic heterocycles. The van der Waals surface area contributed by atoms with E-state index in [2.05, 4.69) is 20.8 Å². The Morgan fingerprint density at radius 3 is 2.81 bits per heavy atom. The Hall–Kier alpha value is -3.33. The zero-order chi connectivity index (χ0) is 18.8. The lowest BCUT2D eigenvalue weighted by Gasteiger charge is -2.18. The summed E-state index contributed by atoms with van der Waals surface area (Å²) in [6, 6.07) is 12.4. The summed E-state index contributed by atoms with van der Waals surface area (Å²) < 4.78 is 7.18. The number of anilines is 2. The fourth-order valence-electron chi connectivity index (χ4n) is 2.50. The van der Waals surface area contributed by atoms with Crippen molar-refractivity contribution in [2.75, 3.05) is 17.2 Å². The van der Waals surface area contributed by atoms with Gasteiger partial charge in [0.05, 0.1) is 5.69 Å². The van der Waals surface area contributed by atoms with Crippen LogP contribution in [0, 0.1) is 0 Å². The van der Waals surface area contributed by atoms with E-state index in [1.807, 2.05) is 35.9 Å². The van der Waals surface area contributed by atoms with Crippen LogP contribution < -0.4 is 15.4 Å². The van der Waals surface area contributed by atoms with Crippen LogP contribution >= 0.6 is 11.8 Å². The summed E-state index contributed by atoms with van der Waals surface area (Å²) in [6.45, 7) is -0.0529. The molecule has 0 atom stereocenters. The molecule has 0 spiro atoms. The second-order valence-corrected chi connectivity index (χ2v) is 6.89. The van der Waals surface area contributed by atoms with E-state index in [1.165, 1.54) is 11.8 Å². The normalized spacial score (nSPS) is 12.7. The Labute approximate surface area is 158 Å². The molecular formula is C18H15N5O3S. The van der Waals surface area contributed by atoms with Gasteiger partial charge in [0.15, 0.2) is 11.8 Å². The molecule has 2 N–H and O–H groups in total. The molecule has 1 aliphatic rings. The molecule has 2 aromatic carbocycles. The highest BCUT2D eigenvalue weighted by molar-refractivity contribution is 7.99. The fourth-order valence-corrected chi connectivity index (χ4v) is 3.26. The average molecular weight is 381 g/mol. The molecule has 27 heavy (non-hydrogen) atoms. The number of fused-ring (bicyclic) bond motifs is 1. The van der Waals surface area contributed by atoms with Crippen LogP contribution in [-0.4, -0.2) is 33.2 Å². The lowest BCUT2D eigenvalue weighted by molar-refractivity contribution is -0.118. The molecule has 8 nitrogen and oxygen atoms in total. The third-order valence-corrected chi connectivity index (χ3v) is 4.93. The summed E-state index contributed by atoms with van der Waals surface area (Å²) in [5.41, 5.74) is 1.68. The van der Waals surface area contributed by atoms with Crippen molar-refractivity contribution in [2.45, 2.75) is 10.1 Å². The van der Waals surface area contributed by atoms with Gasteiger partial charge in [-0.05, 0) is 54.2 Å². The number of rotatable bonds is 4. The number of amides is 2. The van der Waals surface area contributed by atoms with E-state index in [1.54, 1.807) is 24.5 Å². The Kier molecular flexibility index (Phi) is 4.51. The molecular weight excluding hydrogens is 366 g/mol. The molecule has 0 fully saturated rings. The molecule has 0 saturated heterocycles. The molecule has 0 aliphatic carbocycles. The molecule has 136 valence electrons. The van der Waals surface area contributed by atoms with Gasteiger partial charge in [0.25, 0.3) is 11.8 Å². The van der Waals surface area contributed by atoms with Gasteiger partial charge in [-0.1, -0.05) is 0 Å². The second-order valence-electron chi connectivity index (χ2n) is 5.85. The first kappa shape index (κ1) is 17.1. The van der Waals surface area contributed by atoms with Crippen LogP contribution in [-0.2, 0) is 11.8 Å². The first-order valence-electron chi connectivity index (χ1n) is 8.08. The van der Waals surface area contributed by atoms with Gasteiger partial charge in [-0.2, -0.15) is 0 Å². The average Bonchev–Trinajstić information content (AvgIpc) is 3.07. The van der Waals surface area contributed by atoms with Crippen molar-refractivity contribution in [1.82, 2.24) is 14.8 Å². The predicted molar refractivity (Wildman–Crippen MR) is 100 cm³/mol. The van der Waals surface area contributed by atoms with E-state index in [-0.39, 0.29) is 18.4 Å².